The van der Waals surface area contributed by atoms with Crippen molar-refractivity contribution < 1.29 is 9.47 Å². The molecule has 0 unspecified atom stereocenters. The lowest BCUT2D eigenvalue weighted by atomic mass is 9.97. The molecule has 3 nitrogen and oxygen atoms in total. The molecule has 0 N–H and O–H groups in total. The maximum atomic E-state index is 5.30. The molecule has 3 heteroatoms. The Labute approximate surface area is 154 Å². The van der Waals surface area contributed by atoms with Gasteiger partial charge in [-0.2, -0.15) is 0 Å². The Morgan fingerprint density at radius 1 is 0.731 bits per heavy atom. The summed E-state index contributed by atoms with van der Waals surface area (Å²) in [5, 5.41) is 0. The van der Waals surface area contributed by atoms with Crippen LogP contribution >= 0.6 is 0 Å². The predicted octanol–water partition coefficient (Wildman–Crippen LogP) is 5.22. The van der Waals surface area contributed by atoms with E-state index in [0.29, 0.717) is 0 Å². The van der Waals surface area contributed by atoms with Gasteiger partial charge in [0.2, 0.25) is 0 Å². The molecule has 0 spiro atoms. The van der Waals surface area contributed by atoms with Gasteiger partial charge in [-0.05, 0) is 71.3 Å². The summed E-state index contributed by atoms with van der Waals surface area (Å²) in [4.78, 5) is 2.34. The van der Waals surface area contributed by atoms with E-state index in [9.17, 15) is 0 Å². The standard InChI is InChI=1S/C23H21NO2/c1-25-21-11-7-17(8-12-21)23-15-18-5-3-4-6-19(18)16-24(23)20-9-13-22(26-2)14-10-20/h3-15H,16H2,1-2H3. The van der Waals surface area contributed by atoms with Crippen LogP contribution < -0.4 is 14.4 Å². The van der Waals surface area contributed by atoms with E-state index in [1.165, 1.54) is 16.8 Å². The fourth-order valence-corrected chi connectivity index (χ4v) is 3.29. The van der Waals surface area contributed by atoms with E-state index in [2.05, 4.69) is 59.5 Å². The van der Waals surface area contributed by atoms with Gasteiger partial charge in [0, 0.05) is 17.9 Å². The van der Waals surface area contributed by atoms with Gasteiger partial charge >= 0.3 is 0 Å². The highest BCUT2D eigenvalue weighted by atomic mass is 16.5. The van der Waals surface area contributed by atoms with Crippen molar-refractivity contribution in [1.29, 1.82) is 0 Å². The van der Waals surface area contributed by atoms with Crippen LogP contribution in [-0.4, -0.2) is 14.2 Å². The van der Waals surface area contributed by atoms with Gasteiger partial charge in [-0.15, -0.1) is 0 Å². The van der Waals surface area contributed by atoms with Gasteiger partial charge < -0.3 is 14.4 Å². The Kier molecular flexibility index (Phi) is 4.36. The zero-order chi connectivity index (χ0) is 17.9. The summed E-state index contributed by atoms with van der Waals surface area (Å²) < 4.78 is 10.6. The zero-order valence-electron chi connectivity index (χ0n) is 15.0. The number of benzene rings is 3. The Morgan fingerprint density at radius 2 is 1.35 bits per heavy atom. The first-order valence-corrected chi connectivity index (χ1v) is 8.64. The number of hydrogen-bond donors (Lipinski definition) is 0. The summed E-state index contributed by atoms with van der Waals surface area (Å²) in [6, 6.07) is 25.0. The predicted molar refractivity (Wildman–Crippen MR) is 106 cm³/mol. The van der Waals surface area contributed by atoms with Gasteiger partial charge in [0.05, 0.1) is 14.2 Å². The van der Waals surface area contributed by atoms with Gasteiger partial charge in [0.15, 0.2) is 0 Å². The molecule has 1 aliphatic heterocycles. The Balaban J connectivity index is 1.79. The molecule has 3 aromatic carbocycles. The average Bonchev–Trinajstić information content (AvgIpc) is 2.73. The maximum Gasteiger partial charge on any atom is 0.119 e. The largest absolute Gasteiger partial charge is 0.497 e. The quantitative estimate of drug-likeness (QED) is 0.648. The van der Waals surface area contributed by atoms with Crippen LogP contribution in [0.4, 0.5) is 5.69 Å². The molecule has 0 bridgehead atoms. The first-order valence-electron chi connectivity index (χ1n) is 8.64. The zero-order valence-corrected chi connectivity index (χ0v) is 15.0. The summed E-state index contributed by atoms with van der Waals surface area (Å²) in [5.74, 6) is 1.72. The molecule has 0 amide bonds. The Morgan fingerprint density at radius 3 is 2.00 bits per heavy atom. The van der Waals surface area contributed by atoms with Crippen molar-refractivity contribution in [1.82, 2.24) is 0 Å². The first-order chi connectivity index (χ1) is 12.8. The van der Waals surface area contributed by atoms with Crippen molar-refractivity contribution >= 4 is 17.5 Å². The van der Waals surface area contributed by atoms with E-state index in [1.54, 1.807) is 14.2 Å². The monoisotopic (exact) mass is 343 g/mol. The molecule has 0 saturated heterocycles. The fourth-order valence-electron chi connectivity index (χ4n) is 3.29. The van der Waals surface area contributed by atoms with E-state index >= 15 is 0 Å². The number of fused-ring (bicyclic) bond motifs is 1. The molecule has 0 radical (unpaired) electrons. The van der Waals surface area contributed by atoms with Gasteiger partial charge in [-0.25, -0.2) is 0 Å². The molecular weight excluding hydrogens is 322 g/mol. The van der Waals surface area contributed by atoms with Crippen LogP contribution in [0.25, 0.3) is 11.8 Å². The third-order valence-electron chi connectivity index (χ3n) is 4.74. The van der Waals surface area contributed by atoms with E-state index in [0.717, 1.165) is 29.3 Å². The number of ether oxygens (including phenoxy) is 2. The molecule has 4 rings (SSSR count). The minimum atomic E-state index is 0.834. The molecular formula is C23H21NO2. The molecule has 130 valence electrons. The van der Waals surface area contributed by atoms with E-state index in [4.69, 9.17) is 9.47 Å². The highest BCUT2D eigenvalue weighted by Gasteiger charge is 2.20. The molecule has 3 aromatic rings. The average molecular weight is 343 g/mol. The van der Waals surface area contributed by atoms with Crippen LogP contribution in [0.15, 0.2) is 72.8 Å². The second-order valence-corrected chi connectivity index (χ2v) is 6.24. The van der Waals surface area contributed by atoms with Crippen LogP contribution in [0.2, 0.25) is 0 Å². The van der Waals surface area contributed by atoms with Crippen molar-refractivity contribution in [2.75, 3.05) is 19.1 Å². The molecule has 0 atom stereocenters. The van der Waals surface area contributed by atoms with Crippen LogP contribution in [0.3, 0.4) is 0 Å². The molecule has 0 saturated carbocycles. The van der Waals surface area contributed by atoms with Crippen molar-refractivity contribution in [3.63, 3.8) is 0 Å². The second-order valence-electron chi connectivity index (χ2n) is 6.24. The third kappa shape index (κ3) is 3.04. The van der Waals surface area contributed by atoms with E-state index in [-0.39, 0.29) is 0 Å². The summed E-state index contributed by atoms with van der Waals surface area (Å²) >= 11 is 0. The van der Waals surface area contributed by atoms with E-state index in [1.807, 2.05) is 24.3 Å². The number of rotatable bonds is 4. The van der Waals surface area contributed by atoms with Crippen LogP contribution in [0, 0.1) is 0 Å². The summed E-state index contributed by atoms with van der Waals surface area (Å²) in [7, 11) is 3.38. The number of nitrogens with zero attached hydrogens (tertiary/aromatic N) is 1. The van der Waals surface area contributed by atoms with Crippen molar-refractivity contribution in [2.24, 2.45) is 0 Å². The molecule has 1 heterocycles. The van der Waals surface area contributed by atoms with Crippen molar-refractivity contribution in [2.45, 2.75) is 6.54 Å². The van der Waals surface area contributed by atoms with Gasteiger partial charge in [-0.3, -0.25) is 0 Å². The molecule has 0 aliphatic carbocycles. The third-order valence-corrected chi connectivity index (χ3v) is 4.74. The minimum absolute atomic E-state index is 0.834. The minimum Gasteiger partial charge on any atom is -0.497 e. The Hall–Kier alpha value is -3.20. The highest BCUT2D eigenvalue weighted by Crippen LogP contribution is 2.36. The highest BCUT2D eigenvalue weighted by molar-refractivity contribution is 5.92. The smallest absolute Gasteiger partial charge is 0.119 e. The first kappa shape index (κ1) is 16.3. The topological polar surface area (TPSA) is 21.7 Å². The van der Waals surface area contributed by atoms with E-state index < -0.39 is 0 Å². The molecule has 26 heavy (non-hydrogen) atoms. The molecule has 0 aromatic heterocycles. The number of hydrogen-bond acceptors (Lipinski definition) is 3. The molecule has 1 aliphatic rings. The fraction of sp³-hybridized carbons (Fsp3) is 0.130. The second kappa shape index (κ2) is 6.96. The van der Waals surface area contributed by atoms with Crippen LogP contribution in [0.5, 0.6) is 11.5 Å². The normalized spacial score (nSPS) is 13.0. The maximum absolute atomic E-state index is 5.30. The number of methoxy groups -OCH3 is 2. The van der Waals surface area contributed by atoms with Gasteiger partial charge in [0.1, 0.15) is 11.5 Å². The summed E-state index contributed by atoms with van der Waals surface area (Å²) in [6.07, 6.45) is 2.25. The lowest BCUT2D eigenvalue weighted by molar-refractivity contribution is 0.414. The SMILES string of the molecule is COc1ccc(C2=Cc3ccccc3CN2c2ccc(OC)cc2)cc1. The lowest BCUT2D eigenvalue weighted by Crippen LogP contribution is -2.24. The molecule has 0 fully saturated rings. The summed E-state index contributed by atoms with van der Waals surface area (Å²) in [6.45, 7) is 0.834. The van der Waals surface area contributed by atoms with Crippen LogP contribution in [0.1, 0.15) is 16.7 Å². The van der Waals surface area contributed by atoms with Crippen LogP contribution in [-0.2, 0) is 6.54 Å². The van der Waals surface area contributed by atoms with Crippen molar-refractivity contribution in [3.05, 3.63) is 89.5 Å². The summed E-state index contributed by atoms with van der Waals surface area (Å²) in [5.41, 5.74) is 6.07. The Bertz CT molecular complexity index is 927. The van der Waals surface area contributed by atoms with Gasteiger partial charge in [0.25, 0.3) is 0 Å². The number of anilines is 1. The van der Waals surface area contributed by atoms with Crippen molar-refractivity contribution in [3.8, 4) is 11.5 Å². The lowest BCUT2D eigenvalue weighted by Gasteiger charge is -2.32. The van der Waals surface area contributed by atoms with Gasteiger partial charge in [-0.1, -0.05) is 24.3 Å².